The zero-order valence-electron chi connectivity index (χ0n) is 14.2. The molecule has 1 aliphatic heterocycles. The normalized spacial score (nSPS) is 15.7. The van der Waals surface area contributed by atoms with Gasteiger partial charge in [0.05, 0.1) is 12.0 Å². The van der Waals surface area contributed by atoms with E-state index in [1.807, 2.05) is 36.4 Å². The van der Waals surface area contributed by atoms with Gasteiger partial charge in [-0.1, -0.05) is 28.1 Å². The van der Waals surface area contributed by atoms with E-state index in [2.05, 4.69) is 61.1 Å². The number of rotatable bonds is 5. The lowest BCUT2D eigenvalue weighted by atomic mass is 10.2. The van der Waals surface area contributed by atoms with E-state index in [4.69, 9.17) is 4.74 Å². The summed E-state index contributed by atoms with van der Waals surface area (Å²) in [6.45, 7) is 2.66. The number of carbonyl (C=O) groups is 2. The molecule has 0 aliphatic carbocycles. The highest BCUT2D eigenvalue weighted by molar-refractivity contribution is 14.1. The summed E-state index contributed by atoms with van der Waals surface area (Å²) in [6.07, 6.45) is 1.77. The molecule has 8 heteroatoms. The second-order valence-electron chi connectivity index (χ2n) is 5.65. The van der Waals surface area contributed by atoms with Crippen molar-refractivity contribution in [2.75, 3.05) is 6.54 Å². The number of nitrogens with zero attached hydrogens (tertiary/aromatic N) is 1. The zero-order valence-corrected chi connectivity index (χ0v) is 20.9. The molecule has 1 fully saturated rings. The van der Waals surface area contributed by atoms with Crippen molar-refractivity contribution < 1.29 is 14.3 Å². The van der Waals surface area contributed by atoms with Crippen LogP contribution < -0.4 is 4.74 Å². The minimum atomic E-state index is -0.229. The SMILES string of the molecule is CCN1C(=O)S/C(=C/c2cc(I)c(OCc3ccc(Br)cc3)c(I)c2)C1=O. The van der Waals surface area contributed by atoms with Gasteiger partial charge in [0.2, 0.25) is 0 Å². The minimum absolute atomic E-state index is 0.215. The van der Waals surface area contributed by atoms with Crippen LogP contribution in [0.25, 0.3) is 6.08 Å². The van der Waals surface area contributed by atoms with Crippen molar-refractivity contribution in [3.05, 3.63) is 64.0 Å². The van der Waals surface area contributed by atoms with E-state index in [9.17, 15) is 9.59 Å². The molecule has 2 amide bonds. The summed E-state index contributed by atoms with van der Waals surface area (Å²) in [5, 5.41) is -0.215. The Balaban J connectivity index is 1.79. The fourth-order valence-electron chi connectivity index (χ4n) is 2.46. The van der Waals surface area contributed by atoms with Crippen molar-refractivity contribution in [3.63, 3.8) is 0 Å². The molecule has 0 aromatic heterocycles. The standard InChI is InChI=1S/C19H14BrI2NO3S/c1-2-23-18(24)16(27-19(23)25)9-12-7-14(21)17(15(22)8-12)26-10-11-3-5-13(20)6-4-11/h3-9H,2,10H2,1H3/b16-9+. The highest BCUT2D eigenvalue weighted by atomic mass is 127. The highest BCUT2D eigenvalue weighted by Crippen LogP contribution is 2.34. The number of benzene rings is 2. The summed E-state index contributed by atoms with van der Waals surface area (Å²) in [4.78, 5) is 25.8. The Morgan fingerprint density at radius 3 is 2.33 bits per heavy atom. The Bertz CT molecular complexity index is 908. The van der Waals surface area contributed by atoms with Crippen molar-refractivity contribution in [1.82, 2.24) is 4.90 Å². The molecule has 0 unspecified atom stereocenters. The number of imide groups is 1. The number of likely N-dealkylation sites (N-methyl/N-ethyl adjacent to an activating group) is 1. The molecule has 3 rings (SSSR count). The van der Waals surface area contributed by atoms with Crippen molar-refractivity contribution >= 4 is 90.1 Å². The summed E-state index contributed by atoms with van der Waals surface area (Å²) in [7, 11) is 0. The third kappa shape index (κ3) is 5.07. The first-order chi connectivity index (χ1) is 12.9. The largest absolute Gasteiger partial charge is 0.487 e. The van der Waals surface area contributed by atoms with Crippen molar-refractivity contribution in [1.29, 1.82) is 0 Å². The molecule has 0 bridgehead atoms. The van der Waals surface area contributed by atoms with Gasteiger partial charge in [0, 0.05) is 11.0 Å². The fraction of sp³-hybridized carbons (Fsp3) is 0.158. The second-order valence-corrected chi connectivity index (χ2v) is 9.89. The Hall–Kier alpha value is -0.590. The monoisotopic (exact) mass is 669 g/mol. The van der Waals surface area contributed by atoms with E-state index in [-0.39, 0.29) is 11.1 Å². The van der Waals surface area contributed by atoms with Crippen LogP contribution in [0.5, 0.6) is 5.75 Å². The third-order valence-electron chi connectivity index (χ3n) is 3.80. The van der Waals surface area contributed by atoms with Crippen LogP contribution in [0.4, 0.5) is 4.79 Å². The molecule has 0 saturated carbocycles. The minimum Gasteiger partial charge on any atom is -0.487 e. The molecular weight excluding hydrogens is 656 g/mol. The molecule has 1 heterocycles. The molecule has 0 spiro atoms. The van der Waals surface area contributed by atoms with E-state index >= 15 is 0 Å². The molecular formula is C19H14BrI2NO3S. The number of ether oxygens (including phenoxy) is 1. The maximum atomic E-state index is 12.3. The molecule has 0 N–H and O–H groups in total. The quantitative estimate of drug-likeness (QED) is 0.277. The number of hydrogen-bond acceptors (Lipinski definition) is 4. The van der Waals surface area contributed by atoms with Gasteiger partial charge in [0.15, 0.2) is 0 Å². The first-order valence-electron chi connectivity index (χ1n) is 8.00. The lowest BCUT2D eigenvalue weighted by Gasteiger charge is -2.12. The van der Waals surface area contributed by atoms with Gasteiger partial charge in [-0.05, 0) is 105 Å². The summed E-state index contributed by atoms with van der Waals surface area (Å²) < 4.78 is 8.95. The third-order valence-corrected chi connectivity index (χ3v) is 6.84. The van der Waals surface area contributed by atoms with Crippen molar-refractivity contribution in [2.45, 2.75) is 13.5 Å². The molecule has 0 atom stereocenters. The van der Waals surface area contributed by atoms with Crippen LogP contribution in [-0.4, -0.2) is 22.6 Å². The van der Waals surface area contributed by atoms with Crippen LogP contribution >= 0.6 is 72.9 Å². The van der Waals surface area contributed by atoms with E-state index in [1.165, 1.54) is 4.90 Å². The van der Waals surface area contributed by atoms with E-state index < -0.39 is 0 Å². The van der Waals surface area contributed by atoms with Gasteiger partial charge in [0.25, 0.3) is 11.1 Å². The van der Waals surface area contributed by atoms with Crippen LogP contribution in [0.2, 0.25) is 0 Å². The highest BCUT2D eigenvalue weighted by Gasteiger charge is 2.33. The zero-order chi connectivity index (χ0) is 19.6. The fourth-order valence-corrected chi connectivity index (χ4v) is 5.76. The van der Waals surface area contributed by atoms with E-state index in [0.29, 0.717) is 18.1 Å². The molecule has 2 aromatic carbocycles. The van der Waals surface area contributed by atoms with Gasteiger partial charge in [-0.25, -0.2) is 0 Å². The average molecular weight is 670 g/mol. The second kappa shape index (κ2) is 9.27. The predicted molar refractivity (Wildman–Crippen MR) is 129 cm³/mol. The molecule has 1 saturated heterocycles. The summed E-state index contributed by atoms with van der Waals surface area (Å²) in [6, 6.07) is 11.9. The van der Waals surface area contributed by atoms with Gasteiger partial charge in [-0.3, -0.25) is 14.5 Å². The van der Waals surface area contributed by atoms with Gasteiger partial charge >= 0.3 is 0 Å². The molecule has 0 radical (unpaired) electrons. The smallest absolute Gasteiger partial charge is 0.293 e. The van der Waals surface area contributed by atoms with Crippen LogP contribution in [0.3, 0.4) is 0 Å². The van der Waals surface area contributed by atoms with Gasteiger partial charge in [-0.2, -0.15) is 0 Å². The van der Waals surface area contributed by atoms with E-state index in [0.717, 1.165) is 40.3 Å². The van der Waals surface area contributed by atoms with Crippen LogP contribution in [-0.2, 0) is 11.4 Å². The van der Waals surface area contributed by atoms with Crippen molar-refractivity contribution in [2.24, 2.45) is 0 Å². The van der Waals surface area contributed by atoms with Crippen LogP contribution in [0.15, 0.2) is 45.8 Å². The molecule has 4 nitrogen and oxygen atoms in total. The summed E-state index contributed by atoms with van der Waals surface area (Å²) >= 11 is 8.87. The number of hydrogen-bond donors (Lipinski definition) is 0. The number of amides is 2. The topological polar surface area (TPSA) is 46.6 Å². The van der Waals surface area contributed by atoms with Gasteiger partial charge in [0.1, 0.15) is 12.4 Å². The molecule has 27 heavy (non-hydrogen) atoms. The molecule has 2 aromatic rings. The Kier molecular flexibility index (Phi) is 7.25. The Labute approximate surface area is 197 Å². The van der Waals surface area contributed by atoms with Gasteiger partial charge in [-0.15, -0.1) is 0 Å². The number of carbonyl (C=O) groups excluding carboxylic acids is 2. The summed E-state index contributed by atoms with van der Waals surface area (Å²) in [5.41, 5.74) is 1.96. The van der Waals surface area contributed by atoms with Gasteiger partial charge < -0.3 is 4.74 Å². The summed E-state index contributed by atoms with van der Waals surface area (Å²) in [5.74, 6) is 0.589. The Morgan fingerprint density at radius 1 is 1.15 bits per heavy atom. The van der Waals surface area contributed by atoms with Crippen LogP contribution in [0, 0.1) is 7.14 Å². The lowest BCUT2D eigenvalue weighted by Crippen LogP contribution is -2.27. The first-order valence-corrected chi connectivity index (χ1v) is 11.8. The average Bonchev–Trinajstić information content (AvgIpc) is 2.88. The first kappa shape index (κ1) is 21.1. The Morgan fingerprint density at radius 2 is 1.78 bits per heavy atom. The predicted octanol–water partition coefficient (Wildman–Crippen LogP) is 6.29. The number of halogens is 3. The maximum Gasteiger partial charge on any atom is 0.293 e. The van der Waals surface area contributed by atoms with E-state index in [1.54, 1.807) is 13.0 Å². The van der Waals surface area contributed by atoms with Crippen molar-refractivity contribution in [3.8, 4) is 5.75 Å². The molecule has 140 valence electrons. The molecule has 1 aliphatic rings. The lowest BCUT2D eigenvalue weighted by molar-refractivity contribution is -0.122. The maximum absolute atomic E-state index is 12.3. The number of thioether (sulfide) groups is 1. The van der Waals surface area contributed by atoms with Crippen LogP contribution in [0.1, 0.15) is 18.1 Å².